The molecule has 2 rings (SSSR count). The maximum atomic E-state index is 12.2. The summed E-state index contributed by atoms with van der Waals surface area (Å²) in [6.45, 7) is 3.72. The van der Waals surface area contributed by atoms with Crippen LogP contribution in [0.25, 0.3) is 0 Å². The van der Waals surface area contributed by atoms with Crippen LogP contribution in [-0.2, 0) is 6.42 Å². The molecule has 24 heavy (non-hydrogen) atoms. The highest BCUT2D eigenvalue weighted by atomic mass is 32.1. The van der Waals surface area contributed by atoms with E-state index in [0.717, 1.165) is 12.0 Å². The van der Waals surface area contributed by atoms with Gasteiger partial charge in [0.15, 0.2) is 5.11 Å². The molecule has 0 bridgehead atoms. The number of hydrogen-bond acceptors (Lipinski definition) is 3. The summed E-state index contributed by atoms with van der Waals surface area (Å²) in [6.07, 6.45) is 0.904. The standard InChI is InChI=1S/C18H18N2O3S/c1-3-12-7-9-13(10-8-12)16(21)20-18(24)19-15-6-4-5-14(11(15)2)17(22)23/h4-10H,3H2,1-2H3,(H,22,23)(H2,19,20,21,24). The third kappa shape index (κ3) is 4.17. The van der Waals surface area contributed by atoms with Crippen molar-refractivity contribution in [1.82, 2.24) is 5.32 Å². The van der Waals surface area contributed by atoms with E-state index in [1.807, 2.05) is 19.1 Å². The first-order chi connectivity index (χ1) is 11.4. The largest absolute Gasteiger partial charge is 0.478 e. The molecule has 0 fully saturated rings. The van der Waals surface area contributed by atoms with Gasteiger partial charge >= 0.3 is 5.97 Å². The van der Waals surface area contributed by atoms with Gasteiger partial charge in [-0.3, -0.25) is 10.1 Å². The highest BCUT2D eigenvalue weighted by Crippen LogP contribution is 2.18. The Morgan fingerprint density at radius 1 is 1.12 bits per heavy atom. The van der Waals surface area contributed by atoms with Crippen molar-refractivity contribution in [3.8, 4) is 0 Å². The molecule has 0 aliphatic heterocycles. The topological polar surface area (TPSA) is 78.4 Å². The minimum atomic E-state index is -1.01. The van der Waals surface area contributed by atoms with E-state index in [4.69, 9.17) is 17.3 Å². The molecule has 0 aromatic heterocycles. The Morgan fingerprint density at radius 2 is 1.79 bits per heavy atom. The van der Waals surface area contributed by atoms with Crippen LogP contribution in [0.3, 0.4) is 0 Å². The number of amides is 1. The summed E-state index contributed by atoms with van der Waals surface area (Å²) in [7, 11) is 0. The van der Waals surface area contributed by atoms with Gasteiger partial charge in [0.1, 0.15) is 0 Å². The quantitative estimate of drug-likeness (QED) is 0.743. The molecule has 0 saturated heterocycles. The number of nitrogens with one attached hydrogen (secondary N) is 2. The Balaban J connectivity index is 2.06. The summed E-state index contributed by atoms with van der Waals surface area (Å²) in [5, 5.41) is 14.7. The SMILES string of the molecule is CCc1ccc(C(=O)NC(=S)Nc2cccc(C(=O)O)c2C)cc1. The number of aryl methyl sites for hydroxylation is 1. The number of carbonyl (C=O) groups is 2. The van der Waals surface area contributed by atoms with Crippen LogP contribution in [0.1, 0.15) is 38.8 Å². The van der Waals surface area contributed by atoms with Crippen molar-refractivity contribution in [3.63, 3.8) is 0 Å². The molecule has 2 aromatic carbocycles. The predicted octanol–water partition coefficient (Wildman–Crippen LogP) is 3.38. The fraction of sp³-hybridized carbons (Fsp3) is 0.167. The summed E-state index contributed by atoms with van der Waals surface area (Å²) < 4.78 is 0. The lowest BCUT2D eigenvalue weighted by atomic mass is 10.1. The molecule has 2 aromatic rings. The van der Waals surface area contributed by atoms with Gasteiger partial charge in [-0.15, -0.1) is 0 Å². The minimum Gasteiger partial charge on any atom is -0.478 e. The fourth-order valence-electron chi connectivity index (χ4n) is 2.22. The maximum absolute atomic E-state index is 12.2. The number of carboxylic acid groups (broad SMARTS) is 1. The molecule has 1 amide bonds. The van der Waals surface area contributed by atoms with Crippen molar-refractivity contribution in [3.05, 3.63) is 64.7 Å². The highest BCUT2D eigenvalue weighted by molar-refractivity contribution is 7.80. The van der Waals surface area contributed by atoms with Gasteiger partial charge in [-0.25, -0.2) is 4.79 Å². The Hall–Kier alpha value is -2.73. The molecular weight excluding hydrogens is 324 g/mol. The van der Waals surface area contributed by atoms with Gasteiger partial charge in [0.05, 0.1) is 5.56 Å². The Kier molecular flexibility index (Phi) is 5.65. The summed E-state index contributed by atoms with van der Waals surface area (Å²) in [5.74, 6) is -1.33. The molecule has 0 heterocycles. The van der Waals surface area contributed by atoms with Crippen LogP contribution in [0.15, 0.2) is 42.5 Å². The van der Waals surface area contributed by atoms with E-state index in [2.05, 4.69) is 10.6 Å². The van der Waals surface area contributed by atoms with Gasteiger partial charge in [0.2, 0.25) is 0 Å². The van der Waals surface area contributed by atoms with Gasteiger partial charge < -0.3 is 10.4 Å². The number of hydrogen-bond donors (Lipinski definition) is 3. The van der Waals surface area contributed by atoms with Crippen LogP contribution >= 0.6 is 12.2 Å². The van der Waals surface area contributed by atoms with E-state index < -0.39 is 5.97 Å². The van der Waals surface area contributed by atoms with E-state index in [9.17, 15) is 9.59 Å². The van der Waals surface area contributed by atoms with Gasteiger partial charge in [-0.2, -0.15) is 0 Å². The number of carbonyl (C=O) groups excluding carboxylic acids is 1. The second kappa shape index (κ2) is 7.70. The van der Waals surface area contributed by atoms with Crippen LogP contribution in [0, 0.1) is 6.92 Å². The summed E-state index contributed by atoms with van der Waals surface area (Å²) in [5.41, 5.74) is 2.93. The number of carboxylic acids is 1. The first-order valence-electron chi connectivity index (χ1n) is 7.46. The summed E-state index contributed by atoms with van der Waals surface area (Å²) in [4.78, 5) is 23.3. The lowest BCUT2D eigenvalue weighted by Gasteiger charge is -2.13. The molecule has 0 unspecified atom stereocenters. The minimum absolute atomic E-state index is 0.116. The Labute approximate surface area is 145 Å². The van der Waals surface area contributed by atoms with Crippen molar-refractivity contribution in [2.45, 2.75) is 20.3 Å². The third-order valence-corrected chi connectivity index (χ3v) is 3.87. The van der Waals surface area contributed by atoms with E-state index >= 15 is 0 Å². The van der Waals surface area contributed by atoms with Crippen LogP contribution in [0.5, 0.6) is 0 Å². The van der Waals surface area contributed by atoms with Gasteiger partial charge in [-0.05, 0) is 61.0 Å². The van der Waals surface area contributed by atoms with E-state index in [1.165, 1.54) is 6.07 Å². The van der Waals surface area contributed by atoms with Crippen molar-refractivity contribution in [2.75, 3.05) is 5.32 Å². The molecular formula is C18H18N2O3S. The van der Waals surface area contributed by atoms with Crippen molar-refractivity contribution < 1.29 is 14.7 Å². The van der Waals surface area contributed by atoms with Crippen molar-refractivity contribution >= 4 is 34.9 Å². The first kappa shape index (κ1) is 17.6. The number of anilines is 1. The van der Waals surface area contributed by atoms with Gasteiger partial charge in [-0.1, -0.05) is 25.1 Å². The van der Waals surface area contributed by atoms with Gasteiger partial charge in [0.25, 0.3) is 5.91 Å². The molecule has 0 atom stereocenters. The van der Waals surface area contributed by atoms with Crippen molar-refractivity contribution in [2.24, 2.45) is 0 Å². The van der Waals surface area contributed by atoms with E-state index in [-0.39, 0.29) is 16.6 Å². The van der Waals surface area contributed by atoms with Crippen LogP contribution in [0.2, 0.25) is 0 Å². The normalized spacial score (nSPS) is 10.1. The number of benzene rings is 2. The Morgan fingerprint density at radius 3 is 2.38 bits per heavy atom. The summed E-state index contributed by atoms with van der Waals surface area (Å²) in [6, 6.07) is 12.1. The molecule has 0 aliphatic rings. The van der Waals surface area contributed by atoms with Crippen molar-refractivity contribution in [1.29, 1.82) is 0 Å². The smallest absolute Gasteiger partial charge is 0.336 e. The first-order valence-corrected chi connectivity index (χ1v) is 7.87. The number of aromatic carboxylic acids is 1. The molecule has 0 aliphatic carbocycles. The molecule has 0 spiro atoms. The molecule has 0 radical (unpaired) electrons. The monoisotopic (exact) mass is 342 g/mol. The van der Waals surface area contributed by atoms with Crippen LogP contribution in [-0.4, -0.2) is 22.1 Å². The van der Waals surface area contributed by atoms with Crippen LogP contribution < -0.4 is 10.6 Å². The van der Waals surface area contributed by atoms with Crippen LogP contribution in [0.4, 0.5) is 5.69 Å². The zero-order valence-corrected chi connectivity index (χ0v) is 14.2. The predicted molar refractivity (Wildman–Crippen MR) is 97.6 cm³/mol. The van der Waals surface area contributed by atoms with E-state index in [1.54, 1.807) is 31.2 Å². The second-order valence-corrected chi connectivity index (χ2v) is 5.65. The molecule has 124 valence electrons. The highest BCUT2D eigenvalue weighted by Gasteiger charge is 2.12. The molecule has 5 nitrogen and oxygen atoms in total. The zero-order chi connectivity index (χ0) is 17.7. The van der Waals surface area contributed by atoms with Gasteiger partial charge in [0, 0.05) is 11.3 Å². The number of thiocarbonyl (C=S) groups is 1. The Bertz CT molecular complexity index is 785. The number of rotatable bonds is 4. The second-order valence-electron chi connectivity index (χ2n) is 5.24. The average molecular weight is 342 g/mol. The fourth-order valence-corrected chi connectivity index (χ4v) is 2.43. The molecule has 3 N–H and O–H groups in total. The maximum Gasteiger partial charge on any atom is 0.336 e. The molecule has 0 saturated carbocycles. The zero-order valence-electron chi connectivity index (χ0n) is 13.4. The van der Waals surface area contributed by atoms with E-state index in [0.29, 0.717) is 16.8 Å². The molecule has 6 heteroatoms. The lowest BCUT2D eigenvalue weighted by Crippen LogP contribution is -2.34. The third-order valence-electron chi connectivity index (χ3n) is 3.66. The summed E-state index contributed by atoms with van der Waals surface area (Å²) >= 11 is 5.14. The average Bonchev–Trinajstić information content (AvgIpc) is 2.56. The lowest BCUT2D eigenvalue weighted by molar-refractivity contribution is 0.0696.